The van der Waals surface area contributed by atoms with E-state index in [9.17, 15) is 13.2 Å². The molecule has 1 aliphatic carbocycles. The number of amides is 1. The number of hydrogen-bond donors (Lipinski definition) is 1. The van der Waals surface area contributed by atoms with E-state index in [1.807, 2.05) is 17.9 Å². The molecule has 5 rings (SSSR count). The summed E-state index contributed by atoms with van der Waals surface area (Å²) in [6.07, 6.45) is 7.93. The molecular weight excluding hydrogens is 569 g/mol. The molecule has 0 unspecified atom stereocenters. The molecule has 0 atom stereocenters. The zero-order chi connectivity index (χ0) is 28.9. The Balaban J connectivity index is 1.51. The predicted octanol–water partition coefficient (Wildman–Crippen LogP) is 6.68. The van der Waals surface area contributed by atoms with Crippen molar-refractivity contribution >= 4 is 39.1 Å². The van der Waals surface area contributed by atoms with Gasteiger partial charge in [-0.05, 0) is 77.5 Å². The van der Waals surface area contributed by atoms with Crippen LogP contribution in [-0.4, -0.2) is 55.6 Å². The second-order valence-corrected chi connectivity index (χ2v) is 15.4. The third-order valence-corrected chi connectivity index (χ3v) is 11.5. The minimum Gasteiger partial charge on any atom is -0.380 e. The number of carbonyl (C=O) groups excluding carboxylic acids is 1. The number of piperidine rings is 1. The van der Waals surface area contributed by atoms with E-state index in [-0.39, 0.29) is 26.3 Å². The zero-order valence-corrected chi connectivity index (χ0v) is 26.3. The van der Waals surface area contributed by atoms with Crippen LogP contribution in [0.2, 0.25) is 10.0 Å². The Morgan fingerprint density at radius 2 is 1.73 bits per heavy atom. The number of likely N-dealkylation sites (tertiary alicyclic amines) is 1. The number of nitrogens with zero attached hydrogens (tertiary/aromatic N) is 2. The normalized spacial score (nSPS) is 20.1. The molecule has 3 heterocycles. The highest BCUT2D eigenvalue weighted by molar-refractivity contribution is 7.89. The molecule has 1 saturated carbocycles. The summed E-state index contributed by atoms with van der Waals surface area (Å²) < 4.78 is 36.5. The number of halogens is 2. The molecule has 2 aromatic rings. The zero-order valence-electron chi connectivity index (χ0n) is 24.0. The first-order chi connectivity index (χ1) is 18.8. The smallest absolute Gasteiger partial charge is 0.255 e. The lowest BCUT2D eigenvalue weighted by Gasteiger charge is -2.47. The minimum atomic E-state index is -3.88. The SMILES string of the molecule is Cc1c(C(=O)N2CCC3(CC2)COC3)cc(-c2ccc(S(=O)(=O)NC(C)(C)C)c(Cl)c2Cl)n1CC1CCCCC1. The van der Waals surface area contributed by atoms with Crippen molar-refractivity contribution < 1.29 is 17.9 Å². The fourth-order valence-electron chi connectivity index (χ4n) is 6.38. The number of rotatable bonds is 6. The summed E-state index contributed by atoms with van der Waals surface area (Å²) >= 11 is 13.5. The van der Waals surface area contributed by atoms with Gasteiger partial charge < -0.3 is 14.2 Å². The third kappa shape index (κ3) is 5.98. The molecule has 2 aliphatic heterocycles. The van der Waals surface area contributed by atoms with Crippen LogP contribution in [0.4, 0.5) is 0 Å². The van der Waals surface area contributed by atoms with Crippen LogP contribution in [-0.2, 0) is 21.3 Å². The first kappa shape index (κ1) is 29.9. The Morgan fingerprint density at radius 1 is 1.07 bits per heavy atom. The number of aromatic nitrogens is 1. The highest BCUT2D eigenvalue weighted by atomic mass is 35.5. The van der Waals surface area contributed by atoms with Gasteiger partial charge in [-0.1, -0.05) is 42.5 Å². The maximum Gasteiger partial charge on any atom is 0.255 e. The molecule has 10 heteroatoms. The first-order valence-corrected chi connectivity index (χ1v) is 16.6. The summed E-state index contributed by atoms with van der Waals surface area (Å²) in [7, 11) is -3.88. The molecule has 1 spiro atoms. The van der Waals surface area contributed by atoms with Crippen LogP contribution >= 0.6 is 23.2 Å². The minimum absolute atomic E-state index is 0.0177. The molecule has 1 aromatic carbocycles. The first-order valence-electron chi connectivity index (χ1n) is 14.4. The van der Waals surface area contributed by atoms with Crippen molar-refractivity contribution in [3.05, 3.63) is 39.5 Å². The molecule has 40 heavy (non-hydrogen) atoms. The molecule has 220 valence electrons. The summed E-state index contributed by atoms with van der Waals surface area (Å²) in [4.78, 5) is 15.7. The second-order valence-electron chi connectivity index (χ2n) is 13.0. The summed E-state index contributed by atoms with van der Waals surface area (Å²) in [5.41, 5.74) is 2.59. The Morgan fingerprint density at radius 3 is 2.30 bits per heavy atom. The van der Waals surface area contributed by atoms with E-state index in [1.165, 1.54) is 25.3 Å². The lowest BCUT2D eigenvalue weighted by Crippen LogP contribution is -2.52. The van der Waals surface area contributed by atoms with Crippen molar-refractivity contribution in [1.29, 1.82) is 0 Å². The Kier molecular flexibility index (Phi) is 8.41. The Bertz CT molecular complexity index is 1380. The van der Waals surface area contributed by atoms with Crippen LogP contribution in [0.1, 0.15) is 81.8 Å². The molecule has 0 bridgehead atoms. The van der Waals surface area contributed by atoms with Gasteiger partial charge in [-0.2, -0.15) is 0 Å². The Hall–Kier alpha value is -1.58. The number of sulfonamides is 1. The van der Waals surface area contributed by atoms with Crippen LogP contribution in [0.5, 0.6) is 0 Å². The lowest BCUT2D eigenvalue weighted by atomic mass is 9.77. The van der Waals surface area contributed by atoms with Crippen molar-refractivity contribution in [1.82, 2.24) is 14.2 Å². The molecule has 7 nitrogen and oxygen atoms in total. The lowest BCUT2D eigenvalue weighted by molar-refractivity contribution is -0.136. The largest absolute Gasteiger partial charge is 0.380 e. The predicted molar refractivity (Wildman–Crippen MR) is 160 cm³/mol. The van der Waals surface area contributed by atoms with Gasteiger partial charge >= 0.3 is 0 Å². The standard InChI is InChI=1S/C30H41Cl2N3O4S/c1-20-23(28(36)34-14-12-30(13-15-34)18-39-19-30)16-24(35(20)17-21-8-6-5-7-9-21)22-10-11-25(27(32)26(22)31)40(37,38)33-29(2,3)4/h10-11,16,21,33H,5-9,12-15,17-19H2,1-4H3. The second kappa shape index (κ2) is 11.3. The molecule has 1 aromatic heterocycles. The Labute approximate surface area is 248 Å². The van der Waals surface area contributed by atoms with Crippen LogP contribution in [0, 0.1) is 18.3 Å². The van der Waals surface area contributed by atoms with Gasteiger partial charge in [-0.3, -0.25) is 4.79 Å². The monoisotopic (exact) mass is 609 g/mol. The summed E-state index contributed by atoms with van der Waals surface area (Å²) in [6.45, 7) is 11.2. The number of carbonyl (C=O) groups is 1. The van der Waals surface area contributed by atoms with E-state index in [2.05, 4.69) is 9.29 Å². The van der Waals surface area contributed by atoms with Crippen molar-refractivity contribution in [3.63, 3.8) is 0 Å². The highest BCUT2D eigenvalue weighted by Crippen LogP contribution is 2.42. The van der Waals surface area contributed by atoms with Gasteiger partial charge in [0.1, 0.15) is 4.90 Å². The summed E-state index contributed by atoms with van der Waals surface area (Å²) in [6, 6.07) is 5.15. The van der Waals surface area contributed by atoms with E-state index >= 15 is 0 Å². The fraction of sp³-hybridized carbons (Fsp3) is 0.633. The van der Waals surface area contributed by atoms with Gasteiger partial charge in [0.15, 0.2) is 0 Å². The summed E-state index contributed by atoms with van der Waals surface area (Å²) in [5, 5.41) is 0.153. The van der Waals surface area contributed by atoms with Crippen LogP contribution in [0.3, 0.4) is 0 Å². The highest BCUT2D eigenvalue weighted by Gasteiger charge is 2.42. The molecular formula is C30H41Cl2N3O4S. The molecule has 3 aliphatic rings. The van der Waals surface area contributed by atoms with Gasteiger partial charge in [0.25, 0.3) is 5.91 Å². The quantitative estimate of drug-likeness (QED) is 0.396. The van der Waals surface area contributed by atoms with E-state index in [1.54, 1.807) is 26.8 Å². The van der Waals surface area contributed by atoms with E-state index in [0.29, 0.717) is 17.0 Å². The van der Waals surface area contributed by atoms with Crippen molar-refractivity contribution in [2.45, 2.75) is 89.6 Å². The third-order valence-electron chi connectivity index (χ3n) is 8.74. The maximum atomic E-state index is 13.8. The van der Waals surface area contributed by atoms with E-state index in [0.717, 1.165) is 69.9 Å². The topological polar surface area (TPSA) is 80.6 Å². The van der Waals surface area contributed by atoms with E-state index < -0.39 is 15.6 Å². The van der Waals surface area contributed by atoms with Crippen molar-refractivity contribution in [2.75, 3.05) is 26.3 Å². The average Bonchev–Trinajstić information content (AvgIpc) is 3.19. The summed E-state index contributed by atoms with van der Waals surface area (Å²) in [5.74, 6) is 0.548. The fourth-order valence-corrected chi connectivity index (χ4v) is 8.67. The molecule has 0 radical (unpaired) electrons. The van der Waals surface area contributed by atoms with Crippen LogP contribution in [0.25, 0.3) is 11.3 Å². The van der Waals surface area contributed by atoms with Gasteiger partial charge in [-0.25, -0.2) is 13.1 Å². The maximum absolute atomic E-state index is 13.8. The van der Waals surface area contributed by atoms with Gasteiger partial charge in [0, 0.05) is 41.8 Å². The molecule has 3 fully saturated rings. The van der Waals surface area contributed by atoms with Gasteiger partial charge in [0.2, 0.25) is 10.0 Å². The number of benzene rings is 1. The van der Waals surface area contributed by atoms with Crippen LogP contribution < -0.4 is 4.72 Å². The number of nitrogens with one attached hydrogen (secondary N) is 1. The van der Waals surface area contributed by atoms with Crippen LogP contribution in [0.15, 0.2) is 23.1 Å². The molecule has 1 amide bonds. The number of ether oxygens (including phenoxy) is 1. The molecule has 2 saturated heterocycles. The average molecular weight is 611 g/mol. The van der Waals surface area contributed by atoms with Crippen molar-refractivity contribution in [3.8, 4) is 11.3 Å². The number of hydrogen-bond acceptors (Lipinski definition) is 4. The van der Waals surface area contributed by atoms with Gasteiger partial charge in [-0.15, -0.1) is 0 Å². The molecule has 1 N–H and O–H groups in total. The van der Waals surface area contributed by atoms with Crippen molar-refractivity contribution in [2.24, 2.45) is 11.3 Å². The van der Waals surface area contributed by atoms with E-state index in [4.69, 9.17) is 27.9 Å². The van der Waals surface area contributed by atoms with Gasteiger partial charge in [0.05, 0.1) is 34.5 Å².